The van der Waals surface area contributed by atoms with E-state index in [0.717, 1.165) is 17.5 Å². The van der Waals surface area contributed by atoms with E-state index in [4.69, 9.17) is 9.84 Å². The summed E-state index contributed by atoms with van der Waals surface area (Å²) in [6.07, 6.45) is 0. The van der Waals surface area contributed by atoms with E-state index in [1.54, 1.807) is 38.1 Å². The zero-order valence-electron chi connectivity index (χ0n) is 11.8. The molecule has 0 heterocycles. The van der Waals surface area contributed by atoms with Crippen molar-refractivity contribution in [2.75, 3.05) is 17.7 Å². The summed E-state index contributed by atoms with van der Waals surface area (Å²) < 4.78 is 4.33. The topological polar surface area (TPSA) is 75.6 Å². The van der Waals surface area contributed by atoms with Gasteiger partial charge >= 0.3 is 5.97 Å². The summed E-state index contributed by atoms with van der Waals surface area (Å²) in [4.78, 5) is 22.7. The van der Waals surface area contributed by atoms with E-state index < -0.39 is 10.7 Å². The third kappa shape index (κ3) is 5.13. The Morgan fingerprint density at radius 3 is 2.40 bits per heavy atom. The molecule has 0 saturated carbocycles. The number of aliphatic carboxylic acids is 1. The number of nitrogens with one attached hydrogen (secondary N) is 1. The molecule has 0 radical (unpaired) electrons. The van der Waals surface area contributed by atoms with Gasteiger partial charge in [0.15, 0.2) is 0 Å². The number of anilines is 1. The first-order chi connectivity index (χ1) is 9.35. The Morgan fingerprint density at radius 1 is 1.30 bits per heavy atom. The Labute approximate surface area is 122 Å². The van der Waals surface area contributed by atoms with Crippen LogP contribution < -0.4 is 10.1 Å². The van der Waals surface area contributed by atoms with E-state index in [-0.39, 0.29) is 11.7 Å². The normalized spacial score (nSPS) is 10.9. The van der Waals surface area contributed by atoms with Crippen LogP contribution in [0.1, 0.15) is 20.8 Å². The lowest BCUT2D eigenvalue weighted by Gasteiger charge is -2.17. The Morgan fingerprint density at radius 2 is 1.90 bits per heavy atom. The Kier molecular flexibility index (Phi) is 5.88. The first-order valence-corrected chi connectivity index (χ1v) is 7.24. The Hall–Kier alpha value is -1.69. The second kappa shape index (κ2) is 7.19. The molecule has 0 aromatic heterocycles. The van der Waals surface area contributed by atoms with Crippen molar-refractivity contribution in [3.8, 4) is 5.75 Å². The maximum atomic E-state index is 11.7. The lowest BCUT2D eigenvalue weighted by atomic mass is 10.2. The average Bonchev–Trinajstić information content (AvgIpc) is 2.39. The van der Waals surface area contributed by atoms with Crippen molar-refractivity contribution in [2.45, 2.75) is 25.5 Å². The van der Waals surface area contributed by atoms with Crippen LogP contribution in [0.5, 0.6) is 5.75 Å². The fraction of sp³-hybridized carbons (Fsp3) is 0.429. The molecule has 0 spiro atoms. The maximum absolute atomic E-state index is 11.7. The van der Waals surface area contributed by atoms with Gasteiger partial charge in [-0.05, 0) is 45.0 Å². The van der Waals surface area contributed by atoms with Gasteiger partial charge in [-0.15, -0.1) is 11.8 Å². The molecule has 1 rings (SSSR count). The van der Waals surface area contributed by atoms with Crippen LogP contribution in [0.25, 0.3) is 0 Å². The molecule has 0 unspecified atom stereocenters. The van der Waals surface area contributed by atoms with Gasteiger partial charge in [-0.25, -0.2) is 0 Å². The van der Waals surface area contributed by atoms with Crippen LogP contribution >= 0.6 is 11.8 Å². The number of rotatable bonds is 7. The van der Waals surface area contributed by atoms with Crippen LogP contribution in [0.3, 0.4) is 0 Å². The number of carboxylic acids is 1. The highest BCUT2D eigenvalue weighted by Crippen LogP contribution is 2.24. The van der Waals surface area contributed by atoms with E-state index in [2.05, 4.69) is 5.32 Å². The SMILES string of the molecule is CCOc1ccc(NC(=O)CSC(C)(C)C(=O)O)cc1. The van der Waals surface area contributed by atoms with Gasteiger partial charge in [-0.2, -0.15) is 0 Å². The minimum atomic E-state index is -0.976. The third-order valence-corrected chi connectivity index (χ3v) is 3.83. The number of ether oxygens (including phenoxy) is 1. The fourth-order valence-electron chi connectivity index (χ4n) is 1.31. The van der Waals surface area contributed by atoms with E-state index in [1.165, 1.54) is 0 Å². The van der Waals surface area contributed by atoms with E-state index in [0.29, 0.717) is 12.3 Å². The predicted molar refractivity (Wildman–Crippen MR) is 80.4 cm³/mol. The zero-order chi connectivity index (χ0) is 15.2. The van der Waals surface area contributed by atoms with Gasteiger partial charge in [0, 0.05) is 5.69 Å². The van der Waals surface area contributed by atoms with E-state index in [9.17, 15) is 9.59 Å². The molecule has 0 aliphatic carbocycles. The molecular formula is C14H19NO4S. The summed E-state index contributed by atoms with van der Waals surface area (Å²) in [5.74, 6) is -0.330. The number of carbonyl (C=O) groups excluding carboxylic acids is 1. The van der Waals surface area contributed by atoms with Gasteiger partial charge in [0.25, 0.3) is 0 Å². The predicted octanol–water partition coefficient (Wildman–Crippen LogP) is 2.62. The molecule has 0 fully saturated rings. The van der Waals surface area contributed by atoms with Crippen LogP contribution in [0.4, 0.5) is 5.69 Å². The molecule has 1 amide bonds. The molecule has 1 aromatic carbocycles. The lowest BCUT2D eigenvalue weighted by Crippen LogP contribution is -2.29. The number of thioether (sulfide) groups is 1. The van der Waals surface area contributed by atoms with Gasteiger partial charge in [-0.3, -0.25) is 9.59 Å². The highest BCUT2D eigenvalue weighted by atomic mass is 32.2. The number of hydrogen-bond acceptors (Lipinski definition) is 4. The number of benzene rings is 1. The summed E-state index contributed by atoms with van der Waals surface area (Å²) in [7, 11) is 0. The molecule has 0 bridgehead atoms. The van der Waals surface area contributed by atoms with Crippen LogP contribution in [0.15, 0.2) is 24.3 Å². The average molecular weight is 297 g/mol. The Bertz CT molecular complexity index is 471. The van der Waals surface area contributed by atoms with Crippen molar-refractivity contribution in [1.29, 1.82) is 0 Å². The van der Waals surface area contributed by atoms with Crippen molar-refractivity contribution >= 4 is 29.3 Å². The van der Waals surface area contributed by atoms with Crippen molar-refractivity contribution < 1.29 is 19.4 Å². The first-order valence-electron chi connectivity index (χ1n) is 6.25. The number of carboxylic acid groups (broad SMARTS) is 1. The molecule has 0 aliphatic rings. The summed E-state index contributed by atoms with van der Waals surface area (Å²) in [6, 6.07) is 7.03. The standard InChI is InChI=1S/C14H19NO4S/c1-4-19-11-7-5-10(6-8-11)15-12(16)9-20-14(2,3)13(17)18/h5-8H,4,9H2,1-3H3,(H,15,16)(H,17,18). The minimum absolute atomic E-state index is 0.0898. The quantitative estimate of drug-likeness (QED) is 0.809. The van der Waals surface area contributed by atoms with E-state index >= 15 is 0 Å². The zero-order valence-corrected chi connectivity index (χ0v) is 12.6. The lowest BCUT2D eigenvalue weighted by molar-refractivity contribution is -0.138. The van der Waals surface area contributed by atoms with Crippen LogP contribution in [0, 0.1) is 0 Å². The number of amides is 1. The van der Waals surface area contributed by atoms with E-state index in [1.807, 2.05) is 6.92 Å². The Balaban J connectivity index is 2.48. The smallest absolute Gasteiger partial charge is 0.319 e. The van der Waals surface area contributed by atoms with Gasteiger partial charge < -0.3 is 15.2 Å². The highest BCUT2D eigenvalue weighted by molar-refractivity contribution is 8.02. The molecule has 2 N–H and O–H groups in total. The molecule has 6 heteroatoms. The highest BCUT2D eigenvalue weighted by Gasteiger charge is 2.28. The summed E-state index contributed by atoms with van der Waals surface area (Å²) in [6.45, 7) is 5.64. The molecule has 0 atom stereocenters. The molecule has 1 aromatic rings. The van der Waals surface area contributed by atoms with Crippen molar-refractivity contribution in [3.05, 3.63) is 24.3 Å². The molecular weight excluding hydrogens is 278 g/mol. The second-order valence-electron chi connectivity index (χ2n) is 4.61. The minimum Gasteiger partial charge on any atom is -0.494 e. The maximum Gasteiger partial charge on any atom is 0.319 e. The fourth-order valence-corrected chi connectivity index (χ4v) is 1.99. The molecule has 0 aliphatic heterocycles. The summed E-state index contributed by atoms with van der Waals surface area (Å²) in [5, 5.41) is 11.7. The van der Waals surface area contributed by atoms with Gasteiger partial charge in [-0.1, -0.05) is 0 Å². The third-order valence-electron chi connectivity index (χ3n) is 2.53. The van der Waals surface area contributed by atoms with Crippen molar-refractivity contribution in [1.82, 2.24) is 0 Å². The van der Waals surface area contributed by atoms with Crippen molar-refractivity contribution in [3.63, 3.8) is 0 Å². The van der Waals surface area contributed by atoms with Crippen LogP contribution in [-0.4, -0.2) is 34.1 Å². The van der Waals surface area contributed by atoms with Crippen molar-refractivity contribution in [2.24, 2.45) is 0 Å². The van der Waals surface area contributed by atoms with Crippen LogP contribution in [0.2, 0.25) is 0 Å². The second-order valence-corrected chi connectivity index (χ2v) is 6.21. The summed E-state index contributed by atoms with van der Waals surface area (Å²) in [5.41, 5.74) is 0.659. The number of hydrogen-bond donors (Lipinski definition) is 2. The largest absolute Gasteiger partial charge is 0.494 e. The monoisotopic (exact) mass is 297 g/mol. The number of carbonyl (C=O) groups is 2. The summed E-state index contributed by atoms with van der Waals surface area (Å²) >= 11 is 1.09. The molecule has 110 valence electrons. The first kappa shape index (κ1) is 16.4. The van der Waals surface area contributed by atoms with Crippen LogP contribution in [-0.2, 0) is 9.59 Å². The molecule has 0 saturated heterocycles. The molecule has 20 heavy (non-hydrogen) atoms. The van der Waals surface area contributed by atoms with Gasteiger partial charge in [0.05, 0.1) is 12.4 Å². The van der Waals surface area contributed by atoms with Gasteiger partial charge in [0.1, 0.15) is 10.5 Å². The van der Waals surface area contributed by atoms with Gasteiger partial charge in [0.2, 0.25) is 5.91 Å². The molecule has 5 nitrogen and oxygen atoms in total.